The second-order valence-corrected chi connectivity index (χ2v) is 8.06. The first-order chi connectivity index (χ1) is 14.5. The highest BCUT2D eigenvalue weighted by Crippen LogP contribution is 2.28. The fourth-order valence-corrected chi connectivity index (χ4v) is 4.10. The molecule has 30 heavy (non-hydrogen) atoms. The minimum absolute atomic E-state index is 0.0368. The Morgan fingerprint density at radius 2 is 1.53 bits per heavy atom. The fourth-order valence-electron chi connectivity index (χ4n) is 4.10. The maximum absolute atomic E-state index is 9.58. The van der Waals surface area contributed by atoms with E-state index in [1.54, 1.807) is 14.2 Å². The van der Waals surface area contributed by atoms with Crippen molar-refractivity contribution in [2.75, 3.05) is 27.4 Å². The molecule has 2 rings (SSSR count). The van der Waals surface area contributed by atoms with Gasteiger partial charge in [0, 0.05) is 32.7 Å². The summed E-state index contributed by atoms with van der Waals surface area (Å²) in [6.07, 6.45) is 2.23. The molecule has 2 aromatic carbocycles. The molecule has 0 saturated heterocycles. The van der Waals surface area contributed by atoms with Crippen LogP contribution in [0.15, 0.2) is 72.3 Å². The van der Waals surface area contributed by atoms with Gasteiger partial charge >= 0.3 is 0 Å². The molecule has 0 aromatic heterocycles. The third kappa shape index (κ3) is 6.78. The zero-order valence-corrected chi connectivity index (χ0v) is 18.9. The van der Waals surface area contributed by atoms with Gasteiger partial charge in [-0.3, -0.25) is 5.32 Å². The maximum atomic E-state index is 9.58. The molecule has 164 valence electrons. The van der Waals surface area contributed by atoms with Crippen LogP contribution in [0.4, 0.5) is 0 Å². The summed E-state index contributed by atoms with van der Waals surface area (Å²) >= 11 is 0. The van der Waals surface area contributed by atoms with E-state index in [1.165, 1.54) is 16.7 Å². The first kappa shape index (κ1) is 24.3. The van der Waals surface area contributed by atoms with Crippen LogP contribution in [-0.4, -0.2) is 38.6 Å². The monoisotopic (exact) mass is 411 g/mol. The Morgan fingerprint density at radius 1 is 0.967 bits per heavy atom. The van der Waals surface area contributed by atoms with Gasteiger partial charge in [0.15, 0.2) is 0 Å². The summed E-state index contributed by atoms with van der Waals surface area (Å²) in [7, 11) is 3.45. The van der Waals surface area contributed by atoms with Crippen LogP contribution in [0.2, 0.25) is 0 Å². The van der Waals surface area contributed by atoms with E-state index < -0.39 is 0 Å². The van der Waals surface area contributed by atoms with Crippen molar-refractivity contribution < 1.29 is 14.6 Å². The molecule has 4 heteroatoms. The zero-order chi connectivity index (χ0) is 21.9. The molecule has 0 aliphatic carbocycles. The maximum Gasteiger partial charge on any atom is 0.0678 e. The predicted octanol–water partition coefficient (Wildman–Crippen LogP) is 4.93. The molecular weight excluding hydrogens is 374 g/mol. The molecule has 0 fully saturated rings. The van der Waals surface area contributed by atoms with Crippen molar-refractivity contribution in [2.24, 2.45) is 11.8 Å². The Balaban J connectivity index is 2.35. The number of hydrogen-bond donors (Lipinski definition) is 2. The highest BCUT2D eigenvalue weighted by Gasteiger charge is 2.24. The Bertz CT molecular complexity index is 747. The van der Waals surface area contributed by atoms with E-state index >= 15 is 0 Å². The molecule has 0 heterocycles. The standard InChI is InChI=1S/C26H37NO3/c1-19(16-20(2)26(30-5)21(3)17-28)25(23-14-10-7-11-15-23)27-24(18-29-4)22-12-8-6-9-13-22/h6-16,20-21,24-28H,17-18H2,1-5H3/b19-16+/t20-,21-,24+,25-,26+/m0/s1. The number of benzene rings is 2. The van der Waals surface area contributed by atoms with Gasteiger partial charge < -0.3 is 14.6 Å². The van der Waals surface area contributed by atoms with Gasteiger partial charge in [-0.1, -0.05) is 86.2 Å². The Hall–Kier alpha value is -1.98. The van der Waals surface area contributed by atoms with E-state index in [1.807, 2.05) is 19.1 Å². The smallest absolute Gasteiger partial charge is 0.0678 e. The summed E-state index contributed by atoms with van der Waals surface area (Å²) in [5.74, 6) is 0.241. The lowest BCUT2D eigenvalue weighted by molar-refractivity contribution is 0.0104. The Morgan fingerprint density at radius 3 is 2.03 bits per heavy atom. The molecule has 2 aromatic rings. The van der Waals surface area contributed by atoms with Crippen LogP contribution in [-0.2, 0) is 9.47 Å². The van der Waals surface area contributed by atoms with Gasteiger partial charge in [0.2, 0.25) is 0 Å². The van der Waals surface area contributed by atoms with E-state index in [-0.39, 0.29) is 36.6 Å². The van der Waals surface area contributed by atoms with Gasteiger partial charge in [-0.2, -0.15) is 0 Å². The number of ether oxygens (including phenoxy) is 2. The normalized spacial score (nSPS) is 17.2. The molecule has 0 unspecified atom stereocenters. The van der Waals surface area contributed by atoms with Gasteiger partial charge in [-0.25, -0.2) is 0 Å². The Kier molecular flexibility index (Phi) is 10.2. The van der Waals surface area contributed by atoms with Crippen LogP contribution in [0.25, 0.3) is 0 Å². The molecule has 0 bridgehead atoms. The van der Waals surface area contributed by atoms with Crippen LogP contribution in [0.5, 0.6) is 0 Å². The SMILES string of the molecule is COC[C@@H](N[C@@H](/C(C)=C/[C@H](C)[C@@H](OC)[C@@H](C)CO)c1ccccc1)c1ccccc1. The van der Waals surface area contributed by atoms with Crippen LogP contribution in [0.1, 0.15) is 44.0 Å². The van der Waals surface area contributed by atoms with Gasteiger partial charge in [-0.15, -0.1) is 0 Å². The third-order valence-corrected chi connectivity index (χ3v) is 5.66. The van der Waals surface area contributed by atoms with Gasteiger partial charge in [-0.05, 0) is 18.1 Å². The van der Waals surface area contributed by atoms with Crippen molar-refractivity contribution >= 4 is 0 Å². The average molecular weight is 412 g/mol. The van der Waals surface area contributed by atoms with Crippen molar-refractivity contribution in [1.82, 2.24) is 5.32 Å². The van der Waals surface area contributed by atoms with E-state index in [0.717, 1.165) is 0 Å². The Labute approximate surface area is 181 Å². The first-order valence-electron chi connectivity index (χ1n) is 10.7. The molecule has 0 saturated carbocycles. The number of rotatable bonds is 12. The summed E-state index contributed by atoms with van der Waals surface area (Å²) < 4.78 is 11.2. The predicted molar refractivity (Wildman–Crippen MR) is 123 cm³/mol. The quantitative estimate of drug-likeness (QED) is 0.486. The molecule has 4 nitrogen and oxygen atoms in total. The highest BCUT2D eigenvalue weighted by atomic mass is 16.5. The average Bonchev–Trinajstić information content (AvgIpc) is 2.78. The minimum atomic E-state index is -0.0368. The lowest BCUT2D eigenvalue weighted by atomic mass is 9.89. The molecule has 0 radical (unpaired) electrons. The van der Waals surface area contributed by atoms with Crippen LogP contribution in [0, 0.1) is 11.8 Å². The van der Waals surface area contributed by atoms with E-state index in [9.17, 15) is 5.11 Å². The van der Waals surface area contributed by atoms with Crippen LogP contribution < -0.4 is 5.32 Å². The van der Waals surface area contributed by atoms with E-state index in [0.29, 0.717) is 6.61 Å². The summed E-state index contributed by atoms with van der Waals surface area (Å²) in [5, 5.41) is 13.4. The highest BCUT2D eigenvalue weighted by molar-refractivity contribution is 5.29. The van der Waals surface area contributed by atoms with Crippen LogP contribution in [0.3, 0.4) is 0 Å². The molecule has 5 atom stereocenters. The number of aliphatic hydroxyl groups excluding tert-OH is 1. The lowest BCUT2D eigenvalue weighted by Gasteiger charge is -2.30. The second-order valence-electron chi connectivity index (χ2n) is 8.06. The molecule has 2 N–H and O–H groups in total. The molecule has 0 amide bonds. The largest absolute Gasteiger partial charge is 0.396 e. The zero-order valence-electron chi connectivity index (χ0n) is 18.9. The molecule has 0 aliphatic heterocycles. The first-order valence-corrected chi connectivity index (χ1v) is 10.7. The summed E-state index contributed by atoms with van der Waals surface area (Å²) in [5.41, 5.74) is 3.63. The summed E-state index contributed by atoms with van der Waals surface area (Å²) in [6.45, 7) is 7.02. The van der Waals surface area contributed by atoms with Crippen LogP contribution >= 0.6 is 0 Å². The van der Waals surface area contributed by atoms with Gasteiger partial charge in [0.25, 0.3) is 0 Å². The minimum Gasteiger partial charge on any atom is -0.396 e. The van der Waals surface area contributed by atoms with Crippen molar-refractivity contribution in [1.29, 1.82) is 0 Å². The van der Waals surface area contributed by atoms with E-state index in [2.05, 4.69) is 73.8 Å². The molecule has 0 aliphatic rings. The van der Waals surface area contributed by atoms with Gasteiger partial charge in [0.05, 0.1) is 24.8 Å². The third-order valence-electron chi connectivity index (χ3n) is 5.66. The number of aliphatic hydroxyl groups is 1. The fraction of sp³-hybridized carbons (Fsp3) is 0.462. The molecular formula is C26H37NO3. The lowest BCUT2D eigenvalue weighted by Crippen LogP contribution is -2.32. The van der Waals surface area contributed by atoms with Gasteiger partial charge in [0.1, 0.15) is 0 Å². The second kappa shape index (κ2) is 12.7. The summed E-state index contributed by atoms with van der Waals surface area (Å²) in [4.78, 5) is 0. The number of hydrogen-bond acceptors (Lipinski definition) is 4. The topological polar surface area (TPSA) is 50.7 Å². The summed E-state index contributed by atoms with van der Waals surface area (Å²) in [6, 6.07) is 21.0. The molecule has 0 spiro atoms. The van der Waals surface area contributed by atoms with Crippen molar-refractivity contribution in [3.8, 4) is 0 Å². The van der Waals surface area contributed by atoms with Crippen molar-refractivity contribution in [3.05, 3.63) is 83.4 Å². The van der Waals surface area contributed by atoms with E-state index in [4.69, 9.17) is 9.47 Å². The van der Waals surface area contributed by atoms with Crippen molar-refractivity contribution in [3.63, 3.8) is 0 Å². The van der Waals surface area contributed by atoms with Crippen molar-refractivity contribution in [2.45, 2.75) is 39.0 Å². The number of nitrogens with one attached hydrogen (secondary N) is 1. The number of methoxy groups -OCH3 is 2.